The lowest BCUT2D eigenvalue weighted by Crippen LogP contribution is -2.33. The summed E-state index contributed by atoms with van der Waals surface area (Å²) in [6.45, 7) is 3.60. The summed E-state index contributed by atoms with van der Waals surface area (Å²) in [5.41, 5.74) is 4.19. The first-order valence-corrected chi connectivity index (χ1v) is 10.7. The van der Waals surface area contributed by atoms with Crippen LogP contribution in [0.5, 0.6) is 0 Å². The van der Waals surface area contributed by atoms with E-state index in [1.54, 1.807) is 0 Å². The summed E-state index contributed by atoms with van der Waals surface area (Å²) in [7, 11) is 0. The van der Waals surface area contributed by atoms with Gasteiger partial charge >= 0.3 is 0 Å². The number of hydrogen-bond acceptors (Lipinski definition) is 2. The Balaban J connectivity index is 1.50. The van der Waals surface area contributed by atoms with Gasteiger partial charge in [0.2, 0.25) is 0 Å². The van der Waals surface area contributed by atoms with Crippen LogP contribution in [0.3, 0.4) is 0 Å². The molecule has 0 amide bonds. The minimum Gasteiger partial charge on any atom is -0.396 e. The van der Waals surface area contributed by atoms with Gasteiger partial charge in [0.25, 0.3) is 0 Å². The van der Waals surface area contributed by atoms with E-state index in [2.05, 4.69) is 78.6 Å². The first-order valence-electron chi connectivity index (χ1n) is 10.7. The Morgan fingerprint density at radius 2 is 1.71 bits per heavy atom. The van der Waals surface area contributed by atoms with Crippen LogP contribution in [-0.2, 0) is 6.42 Å². The standard InChI is InChI=1S/C26H31NO/c1-2-27(26-11-5-9-22-8-3-4-10-25(22)26)24-17-16-23(19-24)21-14-12-20(13-15-21)7-6-18-28/h3-5,8-15,23-24,28H,2,6-7,16-19H2,1H3. The molecule has 1 aliphatic carbocycles. The molecule has 2 atom stereocenters. The van der Waals surface area contributed by atoms with Crippen LogP contribution in [0.1, 0.15) is 49.7 Å². The Bertz CT molecular complexity index is 896. The van der Waals surface area contributed by atoms with E-state index in [0.717, 1.165) is 19.4 Å². The third-order valence-electron chi connectivity index (χ3n) is 6.34. The largest absolute Gasteiger partial charge is 0.396 e. The van der Waals surface area contributed by atoms with E-state index < -0.39 is 0 Å². The van der Waals surface area contributed by atoms with E-state index in [1.165, 1.54) is 46.8 Å². The summed E-state index contributed by atoms with van der Waals surface area (Å²) in [6, 6.07) is 25.2. The Kier molecular flexibility index (Phi) is 5.97. The summed E-state index contributed by atoms with van der Waals surface area (Å²) in [5, 5.41) is 11.7. The van der Waals surface area contributed by atoms with E-state index in [4.69, 9.17) is 5.11 Å². The van der Waals surface area contributed by atoms with Crippen molar-refractivity contribution < 1.29 is 5.11 Å². The van der Waals surface area contributed by atoms with Crippen molar-refractivity contribution in [2.75, 3.05) is 18.1 Å². The maximum Gasteiger partial charge on any atom is 0.0448 e. The molecule has 1 N–H and O–H groups in total. The zero-order valence-electron chi connectivity index (χ0n) is 16.8. The van der Waals surface area contributed by atoms with Gasteiger partial charge in [0.15, 0.2) is 0 Å². The van der Waals surface area contributed by atoms with Gasteiger partial charge in [0.05, 0.1) is 0 Å². The molecule has 1 aliphatic rings. The maximum atomic E-state index is 9.01. The minimum absolute atomic E-state index is 0.271. The summed E-state index contributed by atoms with van der Waals surface area (Å²) >= 11 is 0. The minimum atomic E-state index is 0.271. The van der Waals surface area contributed by atoms with E-state index in [-0.39, 0.29) is 6.61 Å². The quantitative estimate of drug-likeness (QED) is 0.555. The SMILES string of the molecule is CCN(c1cccc2ccccc12)C1CCC(c2ccc(CCCO)cc2)C1. The number of rotatable bonds is 7. The third-order valence-corrected chi connectivity index (χ3v) is 6.34. The fourth-order valence-electron chi connectivity index (χ4n) is 4.87. The first-order chi connectivity index (χ1) is 13.8. The predicted octanol–water partition coefficient (Wildman–Crippen LogP) is 5.93. The zero-order chi connectivity index (χ0) is 19.3. The number of aryl methyl sites for hydroxylation is 1. The van der Waals surface area contributed by atoms with E-state index in [1.807, 2.05) is 0 Å². The molecule has 0 bridgehead atoms. The molecule has 0 saturated heterocycles. The van der Waals surface area contributed by atoms with Crippen molar-refractivity contribution in [3.63, 3.8) is 0 Å². The average Bonchev–Trinajstić information content (AvgIpc) is 3.23. The van der Waals surface area contributed by atoms with Gasteiger partial charge in [-0.1, -0.05) is 60.7 Å². The van der Waals surface area contributed by atoms with Gasteiger partial charge in [0, 0.05) is 30.3 Å². The highest BCUT2D eigenvalue weighted by Crippen LogP contribution is 2.40. The van der Waals surface area contributed by atoms with Crippen LogP contribution >= 0.6 is 0 Å². The third kappa shape index (κ3) is 3.93. The second-order valence-electron chi connectivity index (χ2n) is 8.02. The van der Waals surface area contributed by atoms with Gasteiger partial charge in [-0.2, -0.15) is 0 Å². The van der Waals surface area contributed by atoms with E-state index >= 15 is 0 Å². The van der Waals surface area contributed by atoms with Gasteiger partial charge in [-0.05, 0) is 67.5 Å². The Labute approximate surface area is 168 Å². The number of nitrogens with zero attached hydrogens (tertiary/aromatic N) is 1. The van der Waals surface area contributed by atoms with Crippen LogP contribution in [0.2, 0.25) is 0 Å². The molecule has 146 valence electrons. The van der Waals surface area contributed by atoms with Crippen molar-refractivity contribution in [1.82, 2.24) is 0 Å². The van der Waals surface area contributed by atoms with E-state index in [0.29, 0.717) is 12.0 Å². The van der Waals surface area contributed by atoms with Gasteiger partial charge < -0.3 is 10.0 Å². The normalized spacial score (nSPS) is 19.2. The molecule has 0 radical (unpaired) electrons. The molecule has 28 heavy (non-hydrogen) atoms. The van der Waals surface area contributed by atoms with Crippen LogP contribution in [0.15, 0.2) is 66.7 Å². The Morgan fingerprint density at radius 3 is 2.50 bits per heavy atom. The van der Waals surface area contributed by atoms with Crippen molar-refractivity contribution in [2.24, 2.45) is 0 Å². The Morgan fingerprint density at radius 1 is 0.929 bits per heavy atom. The number of benzene rings is 3. The molecule has 0 spiro atoms. The first kappa shape index (κ1) is 19.0. The summed E-state index contributed by atoms with van der Waals surface area (Å²) in [4.78, 5) is 2.62. The molecule has 2 heteroatoms. The molecule has 3 aromatic rings. The van der Waals surface area contributed by atoms with Crippen molar-refractivity contribution >= 4 is 16.5 Å². The van der Waals surface area contributed by atoms with Gasteiger partial charge in [-0.15, -0.1) is 0 Å². The average molecular weight is 374 g/mol. The van der Waals surface area contributed by atoms with Crippen LogP contribution in [0.4, 0.5) is 5.69 Å². The molecule has 2 unspecified atom stereocenters. The lowest BCUT2D eigenvalue weighted by Gasteiger charge is -2.31. The van der Waals surface area contributed by atoms with Gasteiger partial charge in [-0.3, -0.25) is 0 Å². The number of aliphatic hydroxyl groups excluding tert-OH is 1. The highest BCUT2D eigenvalue weighted by Gasteiger charge is 2.30. The van der Waals surface area contributed by atoms with Crippen molar-refractivity contribution in [3.05, 3.63) is 77.9 Å². The zero-order valence-corrected chi connectivity index (χ0v) is 16.8. The van der Waals surface area contributed by atoms with Gasteiger partial charge in [-0.25, -0.2) is 0 Å². The molecule has 0 aliphatic heterocycles. The smallest absolute Gasteiger partial charge is 0.0448 e. The van der Waals surface area contributed by atoms with Crippen molar-refractivity contribution in [2.45, 2.75) is 51.0 Å². The molecular weight excluding hydrogens is 342 g/mol. The fourth-order valence-corrected chi connectivity index (χ4v) is 4.87. The number of anilines is 1. The van der Waals surface area contributed by atoms with Crippen molar-refractivity contribution in [3.8, 4) is 0 Å². The summed E-state index contributed by atoms with van der Waals surface area (Å²) < 4.78 is 0. The van der Waals surface area contributed by atoms with Crippen LogP contribution in [-0.4, -0.2) is 24.3 Å². The fraction of sp³-hybridized carbons (Fsp3) is 0.385. The topological polar surface area (TPSA) is 23.5 Å². The van der Waals surface area contributed by atoms with E-state index in [9.17, 15) is 0 Å². The second kappa shape index (κ2) is 8.79. The molecule has 1 saturated carbocycles. The molecule has 0 aromatic heterocycles. The Hall–Kier alpha value is -2.32. The molecule has 2 nitrogen and oxygen atoms in total. The number of fused-ring (bicyclic) bond motifs is 1. The number of hydrogen-bond donors (Lipinski definition) is 1. The summed E-state index contributed by atoms with van der Waals surface area (Å²) in [6.07, 6.45) is 5.57. The van der Waals surface area contributed by atoms with Gasteiger partial charge in [0.1, 0.15) is 0 Å². The lowest BCUT2D eigenvalue weighted by molar-refractivity contribution is 0.288. The van der Waals surface area contributed by atoms with Crippen LogP contribution < -0.4 is 4.90 Å². The molecule has 4 rings (SSSR count). The monoisotopic (exact) mass is 373 g/mol. The highest BCUT2D eigenvalue weighted by atomic mass is 16.2. The molecule has 0 heterocycles. The predicted molar refractivity (Wildman–Crippen MR) is 119 cm³/mol. The second-order valence-corrected chi connectivity index (χ2v) is 8.02. The molecule has 3 aromatic carbocycles. The summed E-state index contributed by atoms with van der Waals surface area (Å²) in [5.74, 6) is 0.654. The van der Waals surface area contributed by atoms with Crippen LogP contribution in [0, 0.1) is 0 Å². The van der Waals surface area contributed by atoms with Crippen molar-refractivity contribution in [1.29, 1.82) is 0 Å². The van der Waals surface area contributed by atoms with Crippen LogP contribution in [0.25, 0.3) is 10.8 Å². The molecule has 1 fully saturated rings. The maximum absolute atomic E-state index is 9.01. The number of aliphatic hydroxyl groups is 1. The lowest BCUT2D eigenvalue weighted by atomic mass is 9.95. The highest BCUT2D eigenvalue weighted by molar-refractivity contribution is 5.94. The molecular formula is C26H31NO.